The molecule has 0 fully saturated rings. The zero-order chi connectivity index (χ0) is 51.6. The number of thiophene rings is 1. The van der Waals surface area contributed by atoms with Crippen LogP contribution in [-0.4, -0.2) is 6.71 Å². The molecule has 0 amide bonds. The highest BCUT2D eigenvalue weighted by molar-refractivity contribution is 7.33. The second-order valence-electron chi connectivity index (χ2n) is 27.5. The summed E-state index contributed by atoms with van der Waals surface area (Å²) < 4.78 is 2.82. The van der Waals surface area contributed by atoms with Crippen LogP contribution in [-0.2, 0) is 32.5 Å². The lowest BCUT2D eigenvalue weighted by Gasteiger charge is -2.47. The molecule has 2 aliphatic heterocycles. The number of aryl methyl sites for hydroxylation is 2. The third kappa shape index (κ3) is 7.44. The Hall–Kier alpha value is -5.06. The molecule has 4 heteroatoms. The Balaban J connectivity index is 1.32. The summed E-state index contributed by atoms with van der Waals surface area (Å²) in [6, 6.07) is 39.9. The summed E-state index contributed by atoms with van der Waals surface area (Å²) in [6.45, 7) is 43.8. The van der Waals surface area contributed by atoms with Crippen molar-refractivity contribution in [3.63, 3.8) is 0 Å². The van der Waals surface area contributed by atoms with Crippen LogP contribution in [0.3, 0.4) is 0 Å². The molecule has 372 valence electrons. The molecule has 11 rings (SSSR count). The normalized spacial score (nSPS) is 18.2. The average molecular weight is 969 g/mol. The number of nitrogens with zero attached hydrogens (tertiary/aromatic N) is 2. The molecule has 1 aromatic heterocycles. The maximum Gasteiger partial charge on any atom is 0.264 e. The molecule has 0 N–H and O–H groups in total. The maximum absolute atomic E-state index is 2.78. The van der Waals surface area contributed by atoms with Crippen molar-refractivity contribution in [3.8, 4) is 11.1 Å². The summed E-state index contributed by atoms with van der Waals surface area (Å²) in [5.41, 5.74) is 26.5. The van der Waals surface area contributed by atoms with Crippen molar-refractivity contribution < 1.29 is 0 Å². The molecular formula is C68H81BN2S. The first-order valence-electron chi connectivity index (χ1n) is 27.6. The predicted molar refractivity (Wildman–Crippen MR) is 317 cm³/mol. The van der Waals surface area contributed by atoms with Crippen molar-refractivity contribution in [2.45, 2.75) is 195 Å². The lowest BCUT2D eigenvalue weighted by molar-refractivity contribution is 0.332. The number of anilines is 6. The number of benzene rings is 6. The van der Waals surface area contributed by atoms with E-state index in [-0.39, 0.29) is 39.2 Å². The van der Waals surface area contributed by atoms with Gasteiger partial charge in [-0.25, -0.2) is 0 Å². The highest BCUT2D eigenvalue weighted by Crippen LogP contribution is 2.56. The maximum atomic E-state index is 2.78. The first-order valence-corrected chi connectivity index (χ1v) is 28.4. The van der Waals surface area contributed by atoms with Gasteiger partial charge in [0.2, 0.25) is 0 Å². The van der Waals surface area contributed by atoms with E-state index in [1.54, 1.807) is 0 Å². The monoisotopic (exact) mass is 969 g/mol. The summed E-state index contributed by atoms with van der Waals surface area (Å²) in [6.07, 6.45) is 5.78. The zero-order valence-corrected chi connectivity index (χ0v) is 48.0. The smallest absolute Gasteiger partial charge is 0.264 e. The predicted octanol–water partition coefficient (Wildman–Crippen LogP) is 18.1. The van der Waals surface area contributed by atoms with E-state index >= 15 is 0 Å². The van der Waals surface area contributed by atoms with Gasteiger partial charge in [-0.15, -0.1) is 11.3 Å². The standard InChI is InChI=1S/C68H81BN2S/c1-19-64(9,10)50-38-54-56(37-46(50)40(2)3)71(55-39-53-52(67(15,16)30-31-68(53,17)18)36-47(55)45-23-21-20-22-42(45)5)58-33-41(4)32-57-60(58)69(54)62-61(48-34-43(63(6,7)8)24-27-59(48)72-62)70(57)44-25-26-49-51(35-44)66(13,14)29-28-65(49,11)12/h20-27,32-40H,19,28-31H2,1-18H3. The molecule has 0 spiro atoms. The largest absolute Gasteiger partial charge is 0.311 e. The Bertz CT molecular complexity index is 3380. The van der Waals surface area contributed by atoms with Crippen LogP contribution in [0.25, 0.3) is 21.2 Å². The highest BCUT2D eigenvalue weighted by Gasteiger charge is 2.48. The Labute approximate surface area is 438 Å². The molecular weight excluding hydrogens is 888 g/mol. The van der Waals surface area contributed by atoms with E-state index in [1.165, 1.54) is 140 Å². The van der Waals surface area contributed by atoms with Crippen LogP contribution in [0.5, 0.6) is 0 Å². The fraction of sp³-hybridized carbons (Fsp3) is 0.441. The van der Waals surface area contributed by atoms with Crippen LogP contribution in [0, 0.1) is 13.8 Å². The van der Waals surface area contributed by atoms with E-state index in [0.717, 1.165) is 12.8 Å². The SMILES string of the molecule is CCC(C)(C)c1cc2c(cc1C(C)C)N(c1cc3c(cc1-c1ccccc1C)C(C)(C)CCC3(C)C)c1cc(C)cc3c1B2c1sc2ccc(C(C)(C)C)cc2c1N3c1ccc2c(c1)C(C)(C)CCC2(C)C. The van der Waals surface area contributed by atoms with Gasteiger partial charge in [-0.1, -0.05) is 153 Å². The first-order chi connectivity index (χ1) is 33.6. The number of fused-ring (bicyclic) bond motifs is 8. The summed E-state index contributed by atoms with van der Waals surface area (Å²) in [7, 11) is 0. The Morgan fingerprint density at radius 3 is 1.81 bits per heavy atom. The molecule has 3 heterocycles. The van der Waals surface area contributed by atoms with Crippen LogP contribution >= 0.6 is 11.3 Å². The minimum absolute atomic E-state index is 0.00485. The Kier molecular flexibility index (Phi) is 11.1. The van der Waals surface area contributed by atoms with Crippen molar-refractivity contribution in [2.75, 3.05) is 9.80 Å². The summed E-state index contributed by atoms with van der Waals surface area (Å²) in [5, 5.41) is 1.37. The van der Waals surface area contributed by atoms with Gasteiger partial charge < -0.3 is 9.80 Å². The van der Waals surface area contributed by atoms with Crippen LogP contribution in [0.2, 0.25) is 0 Å². The van der Waals surface area contributed by atoms with Crippen LogP contribution in [0.15, 0.2) is 97.1 Å². The van der Waals surface area contributed by atoms with Gasteiger partial charge in [-0.3, -0.25) is 0 Å². The fourth-order valence-corrected chi connectivity index (χ4v) is 14.8. The number of hydrogen-bond donors (Lipinski definition) is 0. The fourth-order valence-electron chi connectivity index (χ4n) is 13.5. The van der Waals surface area contributed by atoms with Gasteiger partial charge >= 0.3 is 0 Å². The lowest BCUT2D eigenvalue weighted by atomic mass is 9.35. The highest BCUT2D eigenvalue weighted by atomic mass is 32.1. The molecule has 6 aromatic carbocycles. The van der Waals surface area contributed by atoms with E-state index in [2.05, 4.69) is 231 Å². The van der Waals surface area contributed by atoms with E-state index in [0.29, 0.717) is 5.92 Å². The molecule has 0 bridgehead atoms. The van der Waals surface area contributed by atoms with Gasteiger partial charge in [0, 0.05) is 43.2 Å². The van der Waals surface area contributed by atoms with Crippen LogP contribution < -0.4 is 25.5 Å². The summed E-state index contributed by atoms with van der Waals surface area (Å²) in [4.78, 5) is 5.52. The Morgan fingerprint density at radius 2 is 1.19 bits per heavy atom. The van der Waals surface area contributed by atoms with Gasteiger partial charge in [0.25, 0.3) is 6.71 Å². The molecule has 4 aliphatic rings. The molecule has 0 saturated carbocycles. The molecule has 2 nitrogen and oxygen atoms in total. The van der Waals surface area contributed by atoms with Crippen LogP contribution in [0.1, 0.15) is 199 Å². The van der Waals surface area contributed by atoms with E-state index in [9.17, 15) is 0 Å². The van der Waals surface area contributed by atoms with Crippen molar-refractivity contribution >= 4 is 78.0 Å². The zero-order valence-electron chi connectivity index (χ0n) is 47.2. The second kappa shape index (κ2) is 16.2. The van der Waals surface area contributed by atoms with Gasteiger partial charge in [0.05, 0.1) is 11.4 Å². The van der Waals surface area contributed by atoms with E-state index in [1.807, 2.05) is 11.3 Å². The average Bonchev–Trinajstić information content (AvgIpc) is 3.69. The third-order valence-corrected chi connectivity index (χ3v) is 20.0. The number of hydrogen-bond acceptors (Lipinski definition) is 3. The molecule has 0 radical (unpaired) electrons. The van der Waals surface area contributed by atoms with Gasteiger partial charge in [0.15, 0.2) is 0 Å². The van der Waals surface area contributed by atoms with Crippen molar-refractivity contribution in [2.24, 2.45) is 0 Å². The Morgan fingerprint density at radius 1 is 0.597 bits per heavy atom. The van der Waals surface area contributed by atoms with Gasteiger partial charge in [-0.2, -0.15) is 0 Å². The second-order valence-corrected chi connectivity index (χ2v) is 28.6. The van der Waals surface area contributed by atoms with E-state index < -0.39 is 0 Å². The molecule has 72 heavy (non-hydrogen) atoms. The molecule has 0 saturated heterocycles. The van der Waals surface area contributed by atoms with Crippen molar-refractivity contribution in [3.05, 3.63) is 147 Å². The van der Waals surface area contributed by atoms with E-state index in [4.69, 9.17) is 0 Å². The summed E-state index contributed by atoms with van der Waals surface area (Å²) >= 11 is 2.04. The minimum atomic E-state index is -0.0153. The third-order valence-electron chi connectivity index (χ3n) is 18.8. The minimum Gasteiger partial charge on any atom is -0.311 e. The quantitative estimate of drug-likeness (QED) is 0.153. The molecule has 0 atom stereocenters. The summed E-state index contributed by atoms with van der Waals surface area (Å²) in [5.74, 6) is 0.349. The van der Waals surface area contributed by atoms with Crippen molar-refractivity contribution in [1.82, 2.24) is 0 Å². The topological polar surface area (TPSA) is 6.48 Å². The molecule has 7 aromatic rings. The first kappa shape index (κ1) is 49.2. The van der Waals surface area contributed by atoms with Crippen molar-refractivity contribution in [1.29, 1.82) is 0 Å². The van der Waals surface area contributed by atoms with Crippen LogP contribution in [0.4, 0.5) is 34.1 Å². The lowest BCUT2D eigenvalue weighted by Crippen LogP contribution is -2.60. The molecule has 2 aliphatic carbocycles. The number of rotatable bonds is 6. The molecule has 0 unspecified atom stereocenters. The van der Waals surface area contributed by atoms with Gasteiger partial charge in [0.1, 0.15) is 0 Å². The van der Waals surface area contributed by atoms with Gasteiger partial charge in [-0.05, 0) is 206 Å².